The third-order valence-corrected chi connectivity index (χ3v) is 12.5. The third-order valence-electron chi connectivity index (χ3n) is 12.5. The maximum atomic E-state index is 4.39. The number of nitrogens with zero attached hydrogens (tertiary/aromatic N) is 1. The molecule has 1 heterocycles. The van der Waals surface area contributed by atoms with Crippen molar-refractivity contribution in [3.8, 4) is 22.3 Å². The summed E-state index contributed by atoms with van der Waals surface area (Å²) in [4.78, 5) is 4.39. The third kappa shape index (κ3) is 6.82. The van der Waals surface area contributed by atoms with E-state index in [2.05, 4.69) is 203 Å². The van der Waals surface area contributed by atoms with Crippen LogP contribution >= 0.6 is 0 Å². The fraction of sp³-hybridized carbons (Fsp3) is 0.161. The molecule has 3 atom stereocenters. The predicted octanol–water partition coefficient (Wildman–Crippen LogP) is 15.4. The standard InChI is InChI=1S/C56H49N/c1-5-39-15-13-16-41(26-25-39)53-36-55(42-29-31-57-32-30-42)40(6-2)34-54(38(4)37(53)3)47-20-8-7-19-46(47)45-18-14-17-43(33-45)44-27-28-52-50-23-10-9-21-48(50)49-22-11-12-24-51(49)56(52)35-44/h7-36,38-40H,5-6H2,1-4H3/b53-37?,54-34+,55-36?/t38-,39-,40-/m0/s1. The van der Waals surface area contributed by atoms with E-state index < -0.39 is 0 Å². The Hall–Kier alpha value is -6.31. The molecule has 0 saturated carbocycles. The van der Waals surface area contributed by atoms with Crippen LogP contribution in [0.4, 0.5) is 0 Å². The molecule has 278 valence electrons. The molecule has 6 aromatic carbocycles. The fourth-order valence-corrected chi connectivity index (χ4v) is 9.15. The lowest BCUT2D eigenvalue weighted by molar-refractivity contribution is 0.772. The fourth-order valence-electron chi connectivity index (χ4n) is 9.15. The summed E-state index contributed by atoms with van der Waals surface area (Å²) in [7, 11) is 0. The normalized spacial score (nSPS) is 19.5. The summed E-state index contributed by atoms with van der Waals surface area (Å²) < 4.78 is 0. The van der Waals surface area contributed by atoms with Crippen LogP contribution in [0.5, 0.6) is 0 Å². The Morgan fingerprint density at radius 2 is 1.18 bits per heavy atom. The number of hydrogen-bond donors (Lipinski definition) is 0. The Morgan fingerprint density at radius 3 is 1.88 bits per heavy atom. The van der Waals surface area contributed by atoms with Gasteiger partial charge in [-0.1, -0.05) is 166 Å². The molecule has 1 nitrogen and oxygen atoms in total. The Bertz CT molecular complexity index is 2800. The minimum Gasteiger partial charge on any atom is -0.265 e. The number of aromatic nitrogens is 1. The van der Waals surface area contributed by atoms with Gasteiger partial charge < -0.3 is 0 Å². The molecule has 57 heavy (non-hydrogen) atoms. The van der Waals surface area contributed by atoms with Gasteiger partial charge in [-0.2, -0.15) is 0 Å². The monoisotopic (exact) mass is 735 g/mol. The number of hydrogen-bond acceptors (Lipinski definition) is 1. The van der Waals surface area contributed by atoms with E-state index in [0.29, 0.717) is 5.92 Å². The van der Waals surface area contributed by atoms with Crippen molar-refractivity contribution in [3.63, 3.8) is 0 Å². The molecular weight excluding hydrogens is 687 g/mol. The lowest BCUT2D eigenvalue weighted by Crippen LogP contribution is -2.12. The highest BCUT2D eigenvalue weighted by molar-refractivity contribution is 6.25. The maximum absolute atomic E-state index is 4.39. The minimum atomic E-state index is 0.195. The van der Waals surface area contributed by atoms with Crippen molar-refractivity contribution >= 4 is 43.5 Å². The molecule has 0 saturated heterocycles. The molecule has 0 aliphatic heterocycles. The number of rotatable bonds is 7. The summed E-state index contributed by atoms with van der Waals surface area (Å²) >= 11 is 0. The first-order valence-corrected chi connectivity index (χ1v) is 20.7. The van der Waals surface area contributed by atoms with Crippen molar-refractivity contribution in [2.45, 2.75) is 40.5 Å². The van der Waals surface area contributed by atoms with Gasteiger partial charge in [0.25, 0.3) is 0 Å². The Kier molecular flexibility index (Phi) is 9.99. The highest BCUT2D eigenvalue weighted by atomic mass is 14.6. The lowest BCUT2D eigenvalue weighted by Gasteiger charge is -2.29. The van der Waals surface area contributed by atoms with Crippen molar-refractivity contribution in [3.05, 3.63) is 210 Å². The molecule has 2 aliphatic rings. The van der Waals surface area contributed by atoms with Crippen LogP contribution in [0.1, 0.15) is 51.7 Å². The van der Waals surface area contributed by atoms with E-state index in [4.69, 9.17) is 0 Å². The SMILES string of the molecule is CC[C@H]1C=CC=C(C2=C(C)[C@H](C)/C(c3ccccc3-c3cccc(-c4ccc5c6ccccc6c6ccccc6c5c4)c3)=C\[C@H](CC)C(c3ccncc3)=C2)C=C1. The zero-order chi connectivity index (χ0) is 38.9. The van der Waals surface area contributed by atoms with Crippen molar-refractivity contribution in [2.24, 2.45) is 17.8 Å². The molecule has 7 aromatic rings. The van der Waals surface area contributed by atoms with Gasteiger partial charge in [0.2, 0.25) is 0 Å². The van der Waals surface area contributed by atoms with Crippen LogP contribution in [-0.2, 0) is 0 Å². The highest BCUT2D eigenvalue weighted by Crippen LogP contribution is 2.44. The Labute approximate surface area is 337 Å². The molecule has 0 amide bonds. The Balaban J connectivity index is 1.18. The maximum Gasteiger partial charge on any atom is 0.0273 e. The van der Waals surface area contributed by atoms with E-state index in [-0.39, 0.29) is 11.8 Å². The number of fused-ring (bicyclic) bond motifs is 6. The number of allylic oxidation sites excluding steroid dienone is 12. The van der Waals surface area contributed by atoms with Gasteiger partial charge in [-0.05, 0) is 144 Å². The van der Waals surface area contributed by atoms with Crippen LogP contribution in [0, 0.1) is 17.8 Å². The van der Waals surface area contributed by atoms with Gasteiger partial charge in [0.1, 0.15) is 0 Å². The molecule has 1 aromatic heterocycles. The minimum absolute atomic E-state index is 0.195. The first-order chi connectivity index (χ1) is 28.0. The van der Waals surface area contributed by atoms with Gasteiger partial charge in [-0.25, -0.2) is 0 Å². The smallest absolute Gasteiger partial charge is 0.0273 e. The second-order valence-corrected chi connectivity index (χ2v) is 15.7. The van der Waals surface area contributed by atoms with Gasteiger partial charge in [-0.3, -0.25) is 4.98 Å². The van der Waals surface area contributed by atoms with Crippen LogP contribution < -0.4 is 0 Å². The van der Waals surface area contributed by atoms with E-state index in [1.807, 2.05) is 12.4 Å². The Morgan fingerprint density at radius 1 is 0.544 bits per heavy atom. The molecule has 9 rings (SSSR count). The lowest BCUT2D eigenvalue weighted by atomic mass is 9.75. The van der Waals surface area contributed by atoms with E-state index >= 15 is 0 Å². The first kappa shape index (κ1) is 36.3. The summed E-state index contributed by atoms with van der Waals surface area (Å²) in [6.07, 6.45) is 22.6. The van der Waals surface area contributed by atoms with Gasteiger partial charge in [0.05, 0.1) is 0 Å². The van der Waals surface area contributed by atoms with Crippen LogP contribution in [-0.4, -0.2) is 4.98 Å². The van der Waals surface area contributed by atoms with Gasteiger partial charge in [0, 0.05) is 24.2 Å². The van der Waals surface area contributed by atoms with Gasteiger partial charge in [0.15, 0.2) is 0 Å². The molecule has 0 radical (unpaired) electrons. The summed E-state index contributed by atoms with van der Waals surface area (Å²) in [6.45, 7) is 9.33. The number of pyridine rings is 1. The topological polar surface area (TPSA) is 12.9 Å². The molecule has 0 fully saturated rings. The molecule has 1 heteroatoms. The van der Waals surface area contributed by atoms with Crippen molar-refractivity contribution < 1.29 is 0 Å². The largest absolute Gasteiger partial charge is 0.265 e. The average Bonchev–Trinajstić information content (AvgIpc) is 3.53. The molecule has 0 unspecified atom stereocenters. The second kappa shape index (κ2) is 15.7. The first-order valence-electron chi connectivity index (χ1n) is 20.7. The number of benzene rings is 6. The summed E-state index contributed by atoms with van der Waals surface area (Å²) in [5.41, 5.74) is 14.1. The van der Waals surface area contributed by atoms with Crippen molar-refractivity contribution in [1.82, 2.24) is 4.98 Å². The van der Waals surface area contributed by atoms with Crippen molar-refractivity contribution in [1.29, 1.82) is 0 Å². The van der Waals surface area contributed by atoms with E-state index in [1.165, 1.54) is 93.6 Å². The quantitative estimate of drug-likeness (QED) is 0.149. The molecule has 0 bridgehead atoms. The highest BCUT2D eigenvalue weighted by Gasteiger charge is 2.26. The zero-order valence-electron chi connectivity index (χ0n) is 33.4. The van der Waals surface area contributed by atoms with Gasteiger partial charge in [-0.15, -0.1) is 0 Å². The van der Waals surface area contributed by atoms with E-state index in [0.717, 1.165) is 12.8 Å². The zero-order valence-corrected chi connectivity index (χ0v) is 33.4. The van der Waals surface area contributed by atoms with Crippen LogP contribution in [0.3, 0.4) is 0 Å². The molecular formula is C56H49N. The predicted molar refractivity (Wildman–Crippen MR) is 246 cm³/mol. The van der Waals surface area contributed by atoms with Crippen LogP contribution in [0.25, 0.3) is 65.7 Å². The van der Waals surface area contributed by atoms with Crippen LogP contribution in [0.15, 0.2) is 199 Å². The molecule has 0 N–H and O–H groups in total. The van der Waals surface area contributed by atoms with Gasteiger partial charge >= 0.3 is 0 Å². The summed E-state index contributed by atoms with van der Waals surface area (Å²) in [5.74, 6) is 0.871. The second-order valence-electron chi connectivity index (χ2n) is 15.7. The summed E-state index contributed by atoms with van der Waals surface area (Å²) in [5, 5.41) is 7.79. The summed E-state index contributed by atoms with van der Waals surface area (Å²) in [6, 6.07) is 47.2. The molecule has 0 spiro atoms. The molecule has 2 aliphatic carbocycles. The van der Waals surface area contributed by atoms with E-state index in [1.54, 1.807) is 0 Å². The van der Waals surface area contributed by atoms with Crippen molar-refractivity contribution in [2.75, 3.05) is 0 Å². The van der Waals surface area contributed by atoms with Crippen LogP contribution in [0.2, 0.25) is 0 Å². The van der Waals surface area contributed by atoms with E-state index in [9.17, 15) is 0 Å². The average molecular weight is 736 g/mol.